The van der Waals surface area contributed by atoms with Crippen LogP contribution in [0.25, 0.3) is 0 Å². The Bertz CT molecular complexity index is 575. The minimum Gasteiger partial charge on any atom is -0.469 e. The van der Waals surface area contributed by atoms with Gasteiger partial charge in [-0.25, -0.2) is 13.1 Å². The van der Waals surface area contributed by atoms with Crippen LogP contribution in [0.3, 0.4) is 0 Å². The summed E-state index contributed by atoms with van der Waals surface area (Å²) in [7, 11) is -2.30. The van der Waals surface area contributed by atoms with E-state index in [0.29, 0.717) is 0 Å². The molecule has 0 fully saturated rings. The normalized spacial score (nSPS) is 15.3. The number of hydrogen-bond donors (Lipinski definition) is 1. The van der Waals surface area contributed by atoms with Gasteiger partial charge >= 0.3 is 5.97 Å². The molecule has 0 bridgehead atoms. The van der Waals surface area contributed by atoms with Gasteiger partial charge in [-0.3, -0.25) is 4.79 Å². The predicted molar refractivity (Wildman–Crippen MR) is 82.2 cm³/mol. The lowest BCUT2D eigenvalue weighted by Crippen LogP contribution is -2.44. The average molecular weight is 313 g/mol. The standard InChI is InChI=1S/C15H23NO4S/c1-11(14(17)20-5)13(12-9-7-6-8-10-12)16-21(18,19)15(2,3)4/h6-11,13,16H,1-5H3/t11-,13+/m1/s1. The lowest BCUT2D eigenvalue weighted by atomic mass is 9.95. The Morgan fingerprint density at radius 3 is 2.14 bits per heavy atom. The Morgan fingerprint density at radius 2 is 1.71 bits per heavy atom. The number of ether oxygens (including phenoxy) is 1. The van der Waals surface area contributed by atoms with E-state index in [1.165, 1.54) is 7.11 Å². The molecule has 0 unspecified atom stereocenters. The number of esters is 1. The highest BCUT2D eigenvalue weighted by molar-refractivity contribution is 7.90. The van der Waals surface area contributed by atoms with Gasteiger partial charge in [0, 0.05) is 0 Å². The zero-order valence-electron chi connectivity index (χ0n) is 13.1. The maximum atomic E-state index is 12.4. The molecule has 21 heavy (non-hydrogen) atoms. The smallest absolute Gasteiger partial charge is 0.310 e. The quantitative estimate of drug-likeness (QED) is 0.846. The Kier molecular flexibility index (Phi) is 5.53. The number of rotatable bonds is 5. The van der Waals surface area contributed by atoms with Crippen molar-refractivity contribution in [2.24, 2.45) is 5.92 Å². The van der Waals surface area contributed by atoms with Crippen LogP contribution in [-0.2, 0) is 19.6 Å². The Labute approximate surface area is 126 Å². The van der Waals surface area contributed by atoms with Gasteiger partial charge in [-0.05, 0) is 26.3 Å². The van der Waals surface area contributed by atoms with Crippen LogP contribution >= 0.6 is 0 Å². The van der Waals surface area contributed by atoms with Gasteiger partial charge in [0.15, 0.2) is 0 Å². The molecule has 0 aliphatic rings. The number of sulfonamides is 1. The van der Waals surface area contributed by atoms with Crippen molar-refractivity contribution < 1.29 is 17.9 Å². The second-order valence-electron chi connectivity index (χ2n) is 5.93. The number of hydrogen-bond acceptors (Lipinski definition) is 4. The number of nitrogens with one attached hydrogen (secondary N) is 1. The minimum absolute atomic E-state index is 0.458. The average Bonchev–Trinajstić information content (AvgIpc) is 2.43. The molecule has 0 saturated carbocycles. The van der Waals surface area contributed by atoms with E-state index in [-0.39, 0.29) is 0 Å². The first kappa shape index (κ1) is 17.7. The molecule has 6 heteroatoms. The molecular weight excluding hydrogens is 290 g/mol. The molecule has 0 aromatic heterocycles. The van der Waals surface area contributed by atoms with Crippen LogP contribution in [0.5, 0.6) is 0 Å². The monoisotopic (exact) mass is 313 g/mol. The summed E-state index contributed by atoms with van der Waals surface area (Å²) in [6.07, 6.45) is 0. The first-order valence-corrected chi connectivity index (χ1v) is 8.23. The van der Waals surface area contributed by atoms with Crippen molar-refractivity contribution in [1.29, 1.82) is 0 Å². The summed E-state index contributed by atoms with van der Waals surface area (Å²) in [6.45, 7) is 6.48. The van der Waals surface area contributed by atoms with Crippen molar-refractivity contribution in [2.45, 2.75) is 38.5 Å². The third-order valence-electron chi connectivity index (χ3n) is 3.32. The fraction of sp³-hybridized carbons (Fsp3) is 0.533. The second kappa shape index (κ2) is 6.58. The van der Waals surface area contributed by atoms with Crippen molar-refractivity contribution in [3.05, 3.63) is 35.9 Å². The van der Waals surface area contributed by atoms with E-state index in [4.69, 9.17) is 4.74 Å². The largest absolute Gasteiger partial charge is 0.469 e. The molecule has 118 valence electrons. The zero-order chi connectivity index (χ0) is 16.3. The van der Waals surface area contributed by atoms with Gasteiger partial charge in [-0.15, -0.1) is 0 Å². The summed E-state index contributed by atoms with van der Waals surface area (Å²) in [5.74, 6) is -1.09. The predicted octanol–water partition coefficient (Wildman–Crippen LogP) is 2.25. The Hall–Kier alpha value is -1.40. The van der Waals surface area contributed by atoms with Crippen LogP contribution in [0.15, 0.2) is 30.3 Å². The molecule has 0 heterocycles. The molecule has 0 spiro atoms. The Morgan fingerprint density at radius 1 is 1.19 bits per heavy atom. The van der Waals surface area contributed by atoms with Crippen LogP contribution in [0, 0.1) is 5.92 Å². The van der Waals surface area contributed by atoms with Crippen LogP contribution in [0.4, 0.5) is 0 Å². The van der Waals surface area contributed by atoms with E-state index >= 15 is 0 Å². The molecule has 1 N–H and O–H groups in total. The maximum Gasteiger partial charge on any atom is 0.310 e. The van der Waals surface area contributed by atoms with E-state index in [1.807, 2.05) is 6.07 Å². The lowest BCUT2D eigenvalue weighted by Gasteiger charge is -2.28. The SMILES string of the molecule is COC(=O)[C@H](C)[C@H](NS(=O)(=O)C(C)(C)C)c1ccccc1. The van der Waals surface area contributed by atoms with E-state index in [2.05, 4.69) is 4.72 Å². The minimum atomic E-state index is -3.59. The molecule has 0 aliphatic carbocycles. The molecule has 2 atom stereocenters. The first-order chi connectivity index (χ1) is 9.60. The summed E-state index contributed by atoms with van der Waals surface area (Å²) in [4.78, 5) is 11.8. The van der Waals surface area contributed by atoms with E-state index in [9.17, 15) is 13.2 Å². The maximum absolute atomic E-state index is 12.4. The molecule has 5 nitrogen and oxygen atoms in total. The van der Waals surface area contributed by atoms with Crippen LogP contribution in [-0.4, -0.2) is 26.2 Å². The fourth-order valence-corrected chi connectivity index (χ4v) is 2.81. The molecule has 0 aliphatic heterocycles. The van der Waals surface area contributed by atoms with Gasteiger partial charge in [0.1, 0.15) is 0 Å². The van der Waals surface area contributed by atoms with Gasteiger partial charge in [0.25, 0.3) is 0 Å². The molecule has 1 rings (SSSR count). The van der Waals surface area contributed by atoms with Gasteiger partial charge < -0.3 is 4.74 Å². The van der Waals surface area contributed by atoms with E-state index in [1.54, 1.807) is 52.0 Å². The molecule has 0 amide bonds. The van der Waals surface area contributed by atoms with Crippen LogP contribution in [0.1, 0.15) is 39.3 Å². The highest BCUT2D eigenvalue weighted by atomic mass is 32.2. The zero-order valence-corrected chi connectivity index (χ0v) is 13.9. The van der Waals surface area contributed by atoms with Crippen molar-refractivity contribution >= 4 is 16.0 Å². The highest BCUT2D eigenvalue weighted by Gasteiger charge is 2.35. The summed E-state index contributed by atoms with van der Waals surface area (Å²) in [5, 5.41) is 0. The summed E-state index contributed by atoms with van der Waals surface area (Å²) < 4.78 is 31.2. The topological polar surface area (TPSA) is 72.5 Å². The van der Waals surface area contributed by atoms with Gasteiger partial charge in [0.05, 0.1) is 23.8 Å². The van der Waals surface area contributed by atoms with Crippen molar-refractivity contribution in [3.63, 3.8) is 0 Å². The van der Waals surface area contributed by atoms with Crippen molar-refractivity contribution in [2.75, 3.05) is 7.11 Å². The third-order valence-corrected chi connectivity index (χ3v) is 5.50. The molecular formula is C15H23NO4S. The van der Waals surface area contributed by atoms with E-state index in [0.717, 1.165) is 5.56 Å². The highest BCUT2D eigenvalue weighted by Crippen LogP contribution is 2.26. The third kappa shape index (κ3) is 4.28. The fourth-order valence-electron chi connectivity index (χ4n) is 1.79. The lowest BCUT2D eigenvalue weighted by molar-refractivity contribution is -0.145. The summed E-state index contributed by atoms with van der Waals surface area (Å²) in [6, 6.07) is 8.35. The van der Waals surface area contributed by atoms with Gasteiger partial charge in [-0.2, -0.15) is 0 Å². The number of carbonyl (C=O) groups excluding carboxylic acids is 1. The molecule has 1 aromatic rings. The van der Waals surface area contributed by atoms with Gasteiger partial charge in [-0.1, -0.05) is 37.3 Å². The second-order valence-corrected chi connectivity index (χ2v) is 8.40. The molecule has 1 aromatic carbocycles. The number of benzene rings is 1. The molecule has 0 radical (unpaired) electrons. The van der Waals surface area contributed by atoms with Gasteiger partial charge in [0.2, 0.25) is 10.0 Å². The molecule has 0 saturated heterocycles. The summed E-state index contributed by atoms with van der Waals surface area (Å²) in [5.41, 5.74) is 0.725. The number of methoxy groups -OCH3 is 1. The van der Waals surface area contributed by atoms with E-state index < -0.39 is 32.7 Å². The van der Waals surface area contributed by atoms with Crippen molar-refractivity contribution in [1.82, 2.24) is 4.72 Å². The van der Waals surface area contributed by atoms with Crippen LogP contribution < -0.4 is 4.72 Å². The number of carbonyl (C=O) groups is 1. The Balaban J connectivity index is 3.19. The van der Waals surface area contributed by atoms with Crippen molar-refractivity contribution in [3.8, 4) is 0 Å². The summed E-state index contributed by atoms with van der Waals surface area (Å²) >= 11 is 0. The van der Waals surface area contributed by atoms with Crippen LogP contribution in [0.2, 0.25) is 0 Å². The first-order valence-electron chi connectivity index (χ1n) is 6.75.